The van der Waals surface area contributed by atoms with E-state index in [0.717, 1.165) is 27.8 Å². The molecule has 0 unspecified atom stereocenters. The van der Waals surface area contributed by atoms with Crippen LogP contribution in [0.25, 0.3) is 0 Å². The summed E-state index contributed by atoms with van der Waals surface area (Å²) < 4.78 is 9.89. The van der Waals surface area contributed by atoms with Gasteiger partial charge in [-0.05, 0) is 92.3 Å². The van der Waals surface area contributed by atoms with E-state index in [-0.39, 0.29) is 67.6 Å². The maximum absolute atomic E-state index is 12.8. The van der Waals surface area contributed by atoms with Crippen molar-refractivity contribution in [1.82, 2.24) is 21.3 Å². The molecule has 14 nitrogen and oxygen atoms in total. The van der Waals surface area contributed by atoms with Crippen LogP contribution in [0.15, 0.2) is 121 Å². The Kier molecular flexibility index (Phi) is 21.4. The van der Waals surface area contributed by atoms with Crippen molar-refractivity contribution in [3.63, 3.8) is 0 Å². The molecule has 0 aromatic heterocycles. The molecule has 0 fully saturated rings. The zero-order valence-electron chi connectivity index (χ0n) is 34.2. The molecule has 14 heteroatoms. The minimum Gasteiger partial charge on any atom is -0.508 e. The quantitative estimate of drug-likeness (QED) is 0.0357. The monoisotopic (exact) mass is 838 g/mol. The number of amides is 4. The zero-order chi connectivity index (χ0) is 44.0. The van der Waals surface area contributed by atoms with Crippen LogP contribution in [0, 0.1) is 6.92 Å². The van der Waals surface area contributed by atoms with Gasteiger partial charge in [-0.2, -0.15) is 0 Å². The highest BCUT2D eigenvalue weighted by molar-refractivity contribution is 5.96. The fourth-order valence-corrected chi connectivity index (χ4v) is 5.34. The number of rotatable bonds is 19. The predicted octanol–water partition coefficient (Wildman–Crippen LogP) is 5.51. The van der Waals surface area contributed by atoms with E-state index in [0.29, 0.717) is 37.9 Å². The molecule has 7 N–H and O–H groups in total. The zero-order valence-corrected chi connectivity index (χ0v) is 34.2. The topological polar surface area (TPSA) is 213 Å². The van der Waals surface area contributed by atoms with Crippen molar-refractivity contribution < 1.29 is 48.8 Å². The Balaban J connectivity index is 0.000000421. The van der Waals surface area contributed by atoms with Crippen molar-refractivity contribution in [2.75, 3.05) is 26.3 Å². The minimum atomic E-state index is -0.891. The highest BCUT2D eigenvalue weighted by Gasteiger charge is 2.23. The number of phenols is 3. The number of carbonyl (C=O) groups is 5. The van der Waals surface area contributed by atoms with Crippen LogP contribution in [-0.4, -0.2) is 83.5 Å². The number of hydrogen-bond acceptors (Lipinski definition) is 10. The third kappa shape index (κ3) is 19.5. The first kappa shape index (κ1) is 50.1. The van der Waals surface area contributed by atoms with Crippen LogP contribution in [0.2, 0.25) is 0 Å². The first-order valence-electron chi connectivity index (χ1n) is 19.3. The Bertz CT molecular complexity index is 2050. The van der Waals surface area contributed by atoms with Crippen LogP contribution in [0.5, 0.6) is 17.2 Å². The number of benzene rings is 4. The summed E-state index contributed by atoms with van der Waals surface area (Å²) in [6.45, 7) is 12.7. The molecule has 4 amide bonds. The van der Waals surface area contributed by atoms with Crippen molar-refractivity contribution in [3.05, 3.63) is 149 Å². The van der Waals surface area contributed by atoms with Crippen LogP contribution < -0.4 is 21.3 Å². The van der Waals surface area contributed by atoms with Gasteiger partial charge in [0, 0.05) is 37.1 Å². The fourth-order valence-electron chi connectivity index (χ4n) is 5.34. The average molecular weight is 839 g/mol. The summed E-state index contributed by atoms with van der Waals surface area (Å²) in [7, 11) is 0. The molecule has 0 bridgehead atoms. The van der Waals surface area contributed by atoms with E-state index < -0.39 is 24.1 Å². The van der Waals surface area contributed by atoms with E-state index in [4.69, 9.17) is 9.47 Å². The smallest absolute Gasteiger partial charge is 0.407 e. The Morgan fingerprint density at radius 2 is 0.934 bits per heavy atom. The van der Waals surface area contributed by atoms with Crippen molar-refractivity contribution in [2.24, 2.45) is 0 Å². The van der Waals surface area contributed by atoms with Gasteiger partial charge in [-0.25, -0.2) is 9.59 Å². The van der Waals surface area contributed by atoms with Gasteiger partial charge in [0.15, 0.2) is 0 Å². The Labute approximate surface area is 357 Å². The Morgan fingerprint density at radius 1 is 0.557 bits per heavy atom. The molecule has 0 saturated heterocycles. The molecule has 4 rings (SSSR count). The molecule has 2 atom stereocenters. The van der Waals surface area contributed by atoms with E-state index in [1.54, 1.807) is 55.5 Å². The highest BCUT2D eigenvalue weighted by atomic mass is 16.6. The summed E-state index contributed by atoms with van der Waals surface area (Å²) in [4.78, 5) is 60.9. The SMILES string of the molecule is C.C=C(C)C(=O)N[C@@H](Cc1ccc(O)cc1)C(=O)NCCc1ccc(O)cc1.C=C(C)C(=O)OCCOC(=O)N[C@@H](Cc1ccc(O)cc1)C(=O)NCCc1ccc(C)cc1. The van der Waals surface area contributed by atoms with Gasteiger partial charge < -0.3 is 46.1 Å². The van der Waals surface area contributed by atoms with E-state index in [2.05, 4.69) is 34.4 Å². The predicted molar refractivity (Wildman–Crippen MR) is 234 cm³/mol. The van der Waals surface area contributed by atoms with Crippen LogP contribution in [0.4, 0.5) is 4.79 Å². The van der Waals surface area contributed by atoms with Crippen LogP contribution in [0.3, 0.4) is 0 Å². The van der Waals surface area contributed by atoms with Crippen LogP contribution >= 0.6 is 0 Å². The molecule has 0 saturated carbocycles. The molecule has 326 valence electrons. The lowest BCUT2D eigenvalue weighted by atomic mass is 10.0. The first-order valence-corrected chi connectivity index (χ1v) is 19.3. The Hall–Kier alpha value is -7.09. The van der Waals surface area contributed by atoms with Crippen molar-refractivity contribution in [2.45, 2.75) is 66.0 Å². The van der Waals surface area contributed by atoms with Gasteiger partial charge >= 0.3 is 12.1 Å². The average Bonchev–Trinajstić information content (AvgIpc) is 3.22. The maximum atomic E-state index is 12.8. The number of nitrogens with one attached hydrogen (secondary N) is 4. The summed E-state index contributed by atoms with van der Waals surface area (Å²) in [6, 6.07) is 26.0. The van der Waals surface area contributed by atoms with Gasteiger partial charge in [-0.15, -0.1) is 0 Å². The molecule has 0 aliphatic carbocycles. The van der Waals surface area contributed by atoms with E-state index in [9.17, 15) is 39.3 Å². The van der Waals surface area contributed by atoms with Gasteiger partial charge in [-0.1, -0.05) is 86.8 Å². The van der Waals surface area contributed by atoms with E-state index in [1.807, 2.05) is 31.2 Å². The lowest BCUT2D eigenvalue weighted by Gasteiger charge is -2.19. The summed E-state index contributed by atoms with van der Waals surface area (Å²) in [5, 5.41) is 39.1. The number of esters is 1. The fraction of sp³-hybridized carbons (Fsp3) is 0.298. The van der Waals surface area contributed by atoms with Gasteiger partial charge in [0.25, 0.3) is 0 Å². The minimum absolute atomic E-state index is 0. The third-order valence-electron chi connectivity index (χ3n) is 8.75. The molecule has 0 aliphatic rings. The van der Waals surface area contributed by atoms with Crippen LogP contribution in [0.1, 0.15) is 49.1 Å². The number of ether oxygens (including phenoxy) is 2. The molecule has 61 heavy (non-hydrogen) atoms. The normalized spacial score (nSPS) is 11.1. The largest absolute Gasteiger partial charge is 0.508 e. The number of phenolic OH excluding ortho intramolecular Hbond substituents is 3. The maximum Gasteiger partial charge on any atom is 0.407 e. The molecule has 0 spiro atoms. The highest BCUT2D eigenvalue weighted by Crippen LogP contribution is 2.14. The number of aromatic hydroxyl groups is 3. The molecular weight excluding hydrogens is 781 g/mol. The number of carbonyl (C=O) groups excluding carboxylic acids is 5. The van der Waals surface area contributed by atoms with Gasteiger partial charge in [-0.3, -0.25) is 14.4 Å². The van der Waals surface area contributed by atoms with Gasteiger partial charge in [0.05, 0.1) is 0 Å². The number of hydrogen-bond donors (Lipinski definition) is 7. The summed E-state index contributed by atoms with van der Waals surface area (Å²) in [6.07, 6.45) is 0.947. The first-order chi connectivity index (χ1) is 28.6. The van der Waals surface area contributed by atoms with Crippen molar-refractivity contribution in [3.8, 4) is 17.2 Å². The molecule has 0 radical (unpaired) electrons. The summed E-state index contributed by atoms with van der Waals surface area (Å²) in [5.74, 6) is -1.17. The molecular formula is C47H58N4O10. The lowest BCUT2D eigenvalue weighted by Crippen LogP contribution is -2.48. The molecule has 4 aromatic rings. The lowest BCUT2D eigenvalue weighted by molar-refractivity contribution is -0.140. The Morgan fingerprint density at radius 3 is 1.34 bits per heavy atom. The molecule has 0 heterocycles. The number of aryl methyl sites for hydroxylation is 1. The van der Waals surface area contributed by atoms with Crippen molar-refractivity contribution in [1.29, 1.82) is 0 Å². The summed E-state index contributed by atoms with van der Waals surface area (Å²) in [5.41, 5.74) is 5.37. The van der Waals surface area contributed by atoms with Crippen LogP contribution in [-0.2, 0) is 54.3 Å². The molecule has 0 aliphatic heterocycles. The second kappa shape index (κ2) is 26.1. The number of alkyl carbamates (subject to hydrolysis) is 1. The van der Waals surface area contributed by atoms with E-state index in [1.165, 1.54) is 31.2 Å². The second-order valence-corrected chi connectivity index (χ2v) is 14.0. The molecule has 4 aromatic carbocycles. The third-order valence-corrected chi connectivity index (χ3v) is 8.75. The van der Waals surface area contributed by atoms with Gasteiger partial charge in [0.2, 0.25) is 17.7 Å². The standard InChI is InChI=1S/C25H30N2O6.C21H24N2O4.CH4/c1-17(2)24(30)32-14-15-33-25(31)27-22(16-20-8-10-21(28)11-9-20)23(29)26-13-12-19-6-4-18(3)5-7-19;1-14(2)20(26)23-19(13-16-5-9-18(25)10-6-16)21(27)22-12-11-15-3-7-17(24)8-4-15;/h4-11,22,28H,1,12-16H2,2-3H3,(H,26,29)(H,27,31);3-10,19,24-25H,1,11-13H2,2H3,(H,22,27)(H,23,26);1H4/t22-;19-;/m00./s1. The van der Waals surface area contributed by atoms with Crippen molar-refractivity contribution >= 4 is 29.8 Å². The summed E-state index contributed by atoms with van der Waals surface area (Å²) >= 11 is 0. The van der Waals surface area contributed by atoms with Gasteiger partial charge in [0.1, 0.15) is 42.5 Å². The van der Waals surface area contributed by atoms with E-state index >= 15 is 0 Å². The second-order valence-electron chi connectivity index (χ2n) is 14.0.